The van der Waals surface area contributed by atoms with E-state index in [1.807, 2.05) is 0 Å². The molecule has 2 aliphatic carbocycles. The average Bonchev–Trinajstić information content (AvgIpc) is 2.54. The molecule has 0 amide bonds. The zero-order valence-electron chi connectivity index (χ0n) is 9.79. The monoisotopic (exact) mass is 194 g/mol. The van der Waals surface area contributed by atoms with E-state index in [4.69, 9.17) is 0 Å². The van der Waals surface area contributed by atoms with Gasteiger partial charge in [-0.1, -0.05) is 27.7 Å². The van der Waals surface area contributed by atoms with Gasteiger partial charge in [0.1, 0.15) is 5.78 Å². The standard InChI is InChI=1S/C13H22O/c1-7-8(2)10(4)13-11(9(7)3)5-6-12(13)14/h7-11,13H,5-6H2,1-4H3. The van der Waals surface area contributed by atoms with E-state index in [2.05, 4.69) is 27.7 Å². The second kappa shape index (κ2) is 3.36. The van der Waals surface area contributed by atoms with Gasteiger partial charge in [-0.3, -0.25) is 4.79 Å². The minimum atomic E-state index is 0.399. The highest BCUT2D eigenvalue weighted by molar-refractivity contribution is 5.83. The van der Waals surface area contributed by atoms with E-state index < -0.39 is 0 Å². The second-order valence-corrected chi connectivity index (χ2v) is 5.63. The van der Waals surface area contributed by atoms with Crippen LogP contribution in [0, 0.1) is 35.5 Å². The van der Waals surface area contributed by atoms with Crippen LogP contribution in [0.15, 0.2) is 0 Å². The van der Waals surface area contributed by atoms with Crippen LogP contribution >= 0.6 is 0 Å². The number of hydrogen-bond acceptors (Lipinski definition) is 1. The van der Waals surface area contributed by atoms with Crippen molar-refractivity contribution in [2.24, 2.45) is 35.5 Å². The summed E-state index contributed by atoms with van der Waals surface area (Å²) in [6, 6.07) is 0. The van der Waals surface area contributed by atoms with Gasteiger partial charge in [-0.05, 0) is 36.0 Å². The lowest BCUT2D eigenvalue weighted by Gasteiger charge is -2.44. The van der Waals surface area contributed by atoms with Gasteiger partial charge < -0.3 is 0 Å². The van der Waals surface area contributed by atoms with Crippen LogP contribution in [0.2, 0.25) is 0 Å². The lowest BCUT2D eigenvalue weighted by Crippen LogP contribution is -2.42. The molecule has 14 heavy (non-hydrogen) atoms. The molecule has 1 nitrogen and oxygen atoms in total. The van der Waals surface area contributed by atoms with Gasteiger partial charge in [-0.15, -0.1) is 0 Å². The first-order valence-electron chi connectivity index (χ1n) is 6.06. The number of hydrogen-bond donors (Lipinski definition) is 0. The predicted octanol–water partition coefficient (Wildman–Crippen LogP) is 3.14. The van der Waals surface area contributed by atoms with Crippen molar-refractivity contribution in [3.05, 3.63) is 0 Å². The Labute approximate surface area is 87.3 Å². The molecule has 6 unspecified atom stereocenters. The molecule has 0 aliphatic heterocycles. The summed E-state index contributed by atoms with van der Waals surface area (Å²) in [6.07, 6.45) is 2.01. The molecule has 0 radical (unpaired) electrons. The van der Waals surface area contributed by atoms with Gasteiger partial charge in [-0.25, -0.2) is 0 Å². The highest BCUT2D eigenvalue weighted by Crippen LogP contribution is 2.51. The number of carbonyl (C=O) groups is 1. The minimum absolute atomic E-state index is 0.399. The Balaban J connectivity index is 2.27. The third kappa shape index (κ3) is 1.24. The third-order valence-electron chi connectivity index (χ3n) is 5.29. The van der Waals surface area contributed by atoms with E-state index in [0.717, 1.165) is 24.7 Å². The maximum absolute atomic E-state index is 11.8. The molecule has 0 saturated heterocycles. The molecular formula is C13H22O. The summed E-state index contributed by atoms with van der Waals surface area (Å²) in [4.78, 5) is 11.8. The first kappa shape index (κ1) is 10.2. The van der Waals surface area contributed by atoms with Crippen molar-refractivity contribution in [2.75, 3.05) is 0 Å². The molecule has 0 spiro atoms. The molecule has 6 atom stereocenters. The Hall–Kier alpha value is -0.330. The predicted molar refractivity (Wildman–Crippen MR) is 57.9 cm³/mol. The van der Waals surface area contributed by atoms with Gasteiger partial charge in [0.15, 0.2) is 0 Å². The van der Waals surface area contributed by atoms with E-state index in [9.17, 15) is 4.79 Å². The maximum atomic E-state index is 11.8. The molecular weight excluding hydrogens is 172 g/mol. The van der Waals surface area contributed by atoms with Crippen molar-refractivity contribution < 1.29 is 4.79 Å². The Bertz CT molecular complexity index is 246. The summed E-state index contributed by atoms with van der Waals surface area (Å²) in [5.41, 5.74) is 0. The summed E-state index contributed by atoms with van der Waals surface area (Å²) in [5.74, 6) is 4.51. The van der Waals surface area contributed by atoms with Crippen molar-refractivity contribution in [1.82, 2.24) is 0 Å². The summed E-state index contributed by atoms with van der Waals surface area (Å²) in [6.45, 7) is 9.33. The van der Waals surface area contributed by atoms with Crippen molar-refractivity contribution in [3.8, 4) is 0 Å². The van der Waals surface area contributed by atoms with Gasteiger partial charge in [0.25, 0.3) is 0 Å². The van der Waals surface area contributed by atoms with Crippen LogP contribution in [0.25, 0.3) is 0 Å². The molecule has 1 heteroatoms. The van der Waals surface area contributed by atoms with Crippen molar-refractivity contribution >= 4 is 5.78 Å². The van der Waals surface area contributed by atoms with Gasteiger partial charge in [0.05, 0.1) is 0 Å². The van der Waals surface area contributed by atoms with E-state index >= 15 is 0 Å². The van der Waals surface area contributed by atoms with Gasteiger partial charge >= 0.3 is 0 Å². The van der Waals surface area contributed by atoms with Crippen LogP contribution in [0.4, 0.5) is 0 Å². The van der Waals surface area contributed by atoms with E-state index in [-0.39, 0.29) is 0 Å². The fourth-order valence-electron chi connectivity index (χ4n) is 3.84. The Morgan fingerprint density at radius 2 is 1.50 bits per heavy atom. The van der Waals surface area contributed by atoms with E-state index in [1.54, 1.807) is 0 Å². The molecule has 2 rings (SSSR count). The molecule has 0 bridgehead atoms. The Morgan fingerprint density at radius 1 is 0.929 bits per heavy atom. The smallest absolute Gasteiger partial charge is 0.136 e. The van der Waals surface area contributed by atoms with Crippen molar-refractivity contribution in [2.45, 2.75) is 40.5 Å². The molecule has 0 aromatic heterocycles. The highest BCUT2D eigenvalue weighted by atomic mass is 16.1. The molecule has 2 saturated carbocycles. The normalized spacial score (nSPS) is 53.3. The molecule has 2 fully saturated rings. The van der Waals surface area contributed by atoms with Crippen LogP contribution in [-0.4, -0.2) is 5.78 Å². The quantitative estimate of drug-likeness (QED) is 0.579. The Morgan fingerprint density at radius 3 is 2.14 bits per heavy atom. The van der Waals surface area contributed by atoms with Crippen LogP contribution < -0.4 is 0 Å². The number of rotatable bonds is 0. The fourth-order valence-corrected chi connectivity index (χ4v) is 3.84. The average molecular weight is 194 g/mol. The zero-order valence-corrected chi connectivity index (χ0v) is 9.79. The van der Waals surface area contributed by atoms with Crippen LogP contribution in [0.5, 0.6) is 0 Å². The van der Waals surface area contributed by atoms with Gasteiger partial charge in [0.2, 0.25) is 0 Å². The summed E-state index contributed by atoms with van der Waals surface area (Å²) >= 11 is 0. The summed E-state index contributed by atoms with van der Waals surface area (Å²) < 4.78 is 0. The third-order valence-corrected chi connectivity index (χ3v) is 5.29. The lowest BCUT2D eigenvalue weighted by atomic mass is 9.60. The SMILES string of the molecule is CC1C(C)C(C)C2C(=O)CCC2C1C. The fraction of sp³-hybridized carbons (Fsp3) is 0.923. The topological polar surface area (TPSA) is 17.1 Å². The molecule has 80 valence electrons. The summed E-state index contributed by atoms with van der Waals surface area (Å²) in [5, 5.41) is 0. The minimum Gasteiger partial charge on any atom is -0.299 e. The first-order valence-corrected chi connectivity index (χ1v) is 6.06. The largest absolute Gasteiger partial charge is 0.299 e. The molecule has 0 aromatic carbocycles. The van der Waals surface area contributed by atoms with Crippen molar-refractivity contribution in [3.63, 3.8) is 0 Å². The number of carbonyl (C=O) groups excluding carboxylic acids is 1. The van der Waals surface area contributed by atoms with E-state index in [1.165, 1.54) is 0 Å². The highest BCUT2D eigenvalue weighted by Gasteiger charge is 2.48. The van der Waals surface area contributed by atoms with Crippen molar-refractivity contribution in [1.29, 1.82) is 0 Å². The Kier molecular flexibility index (Phi) is 2.45. The molecule has 0 N–H and O–H groups in total. The molecule has 2 aliphatic rings. The van der Waals surface area contributed by atoms with Crippen LogP contribution in [-0.2, 0) is 4.79 Å². The zero-order chi connectivity index (χ0) is 10.5. The molecule has 0 aromatic rings. The summed E-state index contributed by atoms with van der Waals surface area (Å²) in [7, 11) is 0. The lowest BCUT2D eigenvalue weighted by molar-refractivity contribution is -0.126. The maximum Gasteiger partial charge on any atom is 0.136 e. The van der Waals surface area contributed by atoms with Crippen LogP contribution in [0.3, 0.4) is 0 Å². The number of ketones is 1. The second-order valence-electron chi connectivity index (χ2n) is 5.63. The van der Waals surface area contributed by atoms with Gasteiger partial charge in [0, 0.05) is 12.3 Å². The van der Waals surface area contributed by atoms with Crippen LogP contribution in [0.1, 0.15) is 40.5 Å². The van der Waals surface area contributed by atoms with E-state index in [0.29, 0.717) is 29.5 Å². The number of Topliss-reactive ketones (excluding diaryl/α,β-unsaturated/α-hetero) is 1. The molecule has 0 heterocycles. The number of fused-ring (bicyclic) bond motifs is 1. The van der Waals surface area contributed by atoms with Gasteiger partial charge in [-0.2, -0.15) is 0 Å². The first-order chi connectivity index (χ1) is 6.54.